The number of ether oxygens (including phenoxy) is 1. The van der Waals surface area contributed by atoms with Gasteiger partial charge in [0.1, 0.15) is 5.75 Å². The highest BCUT2D eigenvalue weighted by atomic mass is 32.2. The number of rotatable bonds is 6. The van der Waals surface area contributed by atoms with E-state index < -0.39 is 0 Å². The van der Waals surface area contributed by atoms with Crippen molar-refractivity contribution >= 4 is 11.8 Å². The highest BCUT2D eigenvalue weighted by Crippen LogP contribution is 2.31. The Bertz CT molecular complexity index is 1060. The lowest BCUT2D eigenvalue weighted by Gasteiger charge is -2.03. The number of para-hydroxylation sites is 1. The SMILES string of the molecule is COc1ccccc1-c1nnc(SCc2nc(-c3ccccc3C)no2)o1. The number of aromatic nitrogens is 4. The summed E-state index contributed by atoms with van der Waals surface area (Å²) >= 11 is 1.34. The van der Waals surface area contributed by atoms with E-state index in [2.05, 4.69) is 20.3 Å². The van der Waals surface area contributed by atoms with Gasteiger partial charge in [-0.3, -0.25) is 0 Å². The van der Waals surface area contributed by atoms with Gasteiger partial charge in [-0.05, 0) is 24.6 Å². The molecule has 2 aromatic carbocycles. The highest BCUT2D eigenvalue weighted by Gasteiger charge is 2.15. The molecule has 0 aliphatic carbocycles. The number of hydrogen-bond acceptors (Lipinski definition) is 8. The fraction of sp³-hybridized carbons (Fsp3) is 0.158. The molecular weight excluding hydrogens is 364 g/mol. The summed E-state index contributed by atoms with van der Waals surface area (Å²) in [5.41, 5.74) is 2.79. The van der Waals surface area contributed by atoms with Gasteiger partial charge in [0.05, 0.1) is 18.4 Å². The average Bonchev–Trinajstić information content (AvgIpc) is 3.36. The predicted molar refractivity (Wildman–Crippen MR) is 100 cm³/mol. The molecule has 2 aromatic heterocycles. The molecule has 0 aliphatic heterocycles. The third-order valence-electron chi connectivity index (χ3n) is 3.92. The summed E-state index contributed by atoms with van der Waals surface area (Å²) in [4.78, 5) is 4.44. The minimum atomic E-state index is 0.404. The van der Waals surface area contributed by atoms with Crippen LogP contribution in [0.15, 0.2) is 62.7 Å². The van der Waals surface area contributed by atoms with Crippen LogP contribution in [0.3, 0.4) is 0 Å². The first kappa shape index (κ1) is 17.3. The lowest BCUT2D eigenvalue weighted by Crippen LogP contribution is -1.87. The molecule has 0 atom stereocenters. The van der Waals surface area contributed by atoms with Gasteiger partial charge in [0.15, 0.2) is 0 Å². The number of methoxy groups -OCH3 is 1. The molecule has 136 valence electrons. The second-order valence-electron chi connectivity index (χ2n) is 5.69. The van der Waals surface area contributed by atoms with Gasteiger partial charge in [-0.15, -0.1) is 10.2 Å². The topological polar surface area (TPSA) is 87.1 Å². The molecule has 0 bridgehead atoms. The van der Waals surface area contributed by atoms with Crippen LogP contribution in [0.2, 0.25) is 0 Å². The van der Waals surface area contributed by atoms with Crippen LogP contribution < -0.4 is 4.74 Å². The van der Waals surface area contributed by atoms with E-state index in [1.807, 2.05) is 55.5 Å². The molecule has 0 saturated heterocycles. The van der Waals surface area contributed by atoms with Crippen molar-refractivity contribution in [3.05, 3.63) is 60.0 Å². The molecule has 7 nitrogen and oxygen atoms in total. The van der Waals surface area contributed by atoms with E-state index in [0.29, 0.717) is 34.3 Å². The smallest absolute Gasteiger partial charge is 0.277 e. The number of nitrogens with zero attached hydrogens (tertiary/aromatic N) is 4. The standard InChI is InChI=1S/C19H16N4O3S/c1-12-7-3-4-8-13(12)17-20-16(26-23-17)11-27-19-22-21-18(25-19)14-9-5-6-10-15(14)24-2/h3-10H,11H2,1-2H3. The van der Waals surface area contributed by atoms with Gasteiger partial charge in [0.2, 0.25) is 11.7 Å². The van der Waals surface area contributed by atoms with E-state index in [4.69, 9.17) is 13.7 Å². The predicted octanol–water partition coefficient (Wildman–Crippen LogP) is 4.40. The lowest BCUT2D eigenvalue weighted by molar-refractivity contribution is 0.390. The number of hydrogen-bond donors (Lipinski definition) is 0. The molecule has 4 aromatic rings. The number of aryl methyl sites for hydroxylation is 1. The van der Waals surface area contributed by atoms with Crippen LogP contribution in [-0.2, 0) is 5.75 Å². The molecule has 0 spiro atoms. The van der Waals surface area contributed by atoms with E-state index in [9.17, 15) is 0 Å². The van der Waals surface area contributed by atoms with Crippen molar-refractivity contribution in [2.75, 3.05) is 7.11 Å². The van der Waals surface area contributed by atoms with Gasteiger partial charge in [-0.2, -0.15) is 4.98 Å². The van der Waals surface area contributed by atoms with E-state index in [-0.39, 0.29) is 0 Å². The van der Waals surface area contributed by atoms with Gasteiger partial charge >= 0.3 is 0 Å². The summed E-state index contributed by atoms with van der Waals surface area (Å²) in [6, 6.07) is 15.4. The molecule has 4 rings (SSSR count). The van der Waals surface area contributed by atoms with Crippen LogP contribution in [0.25, 0.3) is 22.8 Å². The molecule has 2 heterocycles. The Kier molecular flexibility index (Phi) is 4.88. The third kappa shape index (κ3) is 3.70. The molecule has 0 unspecified atom stereocenters. The summed E-state index contributed by atoms with van der Waals surface area (Å²) < 4.78 is 16.4. The number of benzene rings is 2. The molecule has 0 amide bonds. The summed E-state index contributed by atoms with van der Waals surface area (Å²) in [6.45, 7) is 2.01. The fourth-order valence-electron chi connectivity index (χ4n) is 2.57. The van der Waals surface area contributed by atoms with Crippen LogP contribution >= 0.6 is 11.8 Å². The quantitative estimate of drug-likeness (QED) is 0.455. The normalized spacial score (nSPS) is 10.9. The monoisotopic (exact) mass is 380 g/mol. The zero-order chi connectivity index (χ0) is 18.6. The Hall–Kier alpha value is -3.13. The molecule has 0 N–H and O–H groups in total. The number of thioether (sulfide) groups is 1. The Balaban J connectivity index is 1.46. The van der Waals surface area contributed by atoms with Crippen LogP contribution in [-0.4, -0.2) is 27.4 Å². The molecule has 0 fully saturated rings. The first-order chi connectivity index (χ1) is 13.2. The molecule has 0 aliphatic rings. The Morgan fingerprint density at radius 2 is 1.78 bits per heavy atom. The first-order valence-corrected chi connectivity index (χ1v) is 9.21. The van der Waals surface area contributed by atoms with Crippen LogP contribution in [0, 0.1) is 6.92 Å². The van der Waals surface area contributed by atoms with E-state index >= 15 is 0 Å². The molecule has 0 saturated carbocycles. The fourth-order valence-corrected chi connectivity index (χ4v) is 3.17. The van der Waals surface area contributed by atoms with Crippen molar-refractivity contribution in [2.45, 2.75) is 17.9 Å². The minimum Gasteiger partial charge on any atom is -0.496 e. The van der Waals surface area contributed by atoms with Crippen molar-refractivity contribution in [1.29, 1.82) is 0 Å². The maximum Gasteiger partial charge on any atom is 0.277 e. The molecule has 8 heteroatoms. The highest BCUT2D eigenvalue weighted by molar-refractivity contribution is 7.98. The van der Waals surface area contributed by atoms with Crippen LogP contribution in [0.4, 0.5) is 0 Å². The maximum absolute atomic E-state index is 5.72. The maximum atomic E-state index is 5.72. The first-order valence-electron chi connectivity index (χ1n) is 8.23. The third-order valence-corrected chi connectivity index (χ3v) is 4.72. The largest absolute Gasteiger partial charge is 0.496 e. The van der Waals surface area contributed by atoms with Gasteiger partial charge in [0, 0.05) is 5.56 Å². The Morgan fingerprint density at radius 3 is 2.59 bits per heavy atom. The van der Waals surface area contributed by atoms with Gasteiger partial charge < -0.3 is 13.7 Å². The van der Waals surface area contributed by atoms with E-state index in [0.717, 1.165) is 16.7 Å². The van der Waals surface area contributed by atoms with Crippen molar-refractivity contribution in [1.82, 2.24) is 20.3 Å². The van der Waals surface area contributed by atoms with Gasteiger partial charge in [-0.25, -0.2) is 0 Å². The second kappa shape index (κ2) is 7.63. The van der Waals surface area contributed by atoms with E-state index in [1.165, 1.54) is 11.8 Å². The minimum absolute atomic E-state index is 0.404. The van der Waals surface area contributed by atoms with Crippen molar-refractivity contribution in [3.8, 4) is 28.6 Å². The Labute approximate surface area is 159 Å². The second-order valence-corrected chi connectivity index (χ2v) is 6.62. The van der Waals surface area contributed by atoms with Crippen molar-refractivity contribution in [2.24, 2.45) is 0 Å². The zero-order valence-electron chi connectivity index (χ0n) is 14.7. The average molecular weight is 380 g/mol. The van der Waals surface area contributed by atoms with Gasteiger partial charge in [0.25, 0.3) is 11.1 Å². The summed E-state index contributed by atoms with van der Waals surface area (Å²) in [5, 5.41) is 12.6. The van der Waals surface area contributed by atoms with Gasteiger partial charge in [-0.1, -0.05) is 53.3 Å². The van der Waals surface area contributed by atoms with E-state index in [1.54, 1.807) is 7.11 Å². The Morgan fingerprint density at radius 1 is 1.00 bits per heavy atom. The van der Waals surface area contributed by atoms with Crippen molar-refractivity contribution < 1.29 is 13.7 Å². The van der Waals surface area contributed by atoms with Crippen LogP contribution in [0.5, 0.6) is 5.75 Å². The zero-order valence-corrected chi connectivity index (χ0v) is 15.6. The van der Waals surface area contributed by atoms with Crippen molar-refractivity contribution in [3.63, 3.8) is 0 Å². The molecular formula is C19H16N4O3S. The molecule has 27 heavy (non-hydrogen) atoms. The lowest BCUT2D eigenvalue weighted by atomic mass is 10.1. The molecule has 0 radical (unpaired) electrons. The summed E-state index contributed by atoms with van der Waals surface area (Å²) in [7, 11) is 1.60. The van der Waals surface area contributed by atoms with Crippen LogP contribution in [0.1, 0.15) is 11.5 Å². The summed E-state index contributed by atoms with van der Waals surface area (Å²) in [6.07, 6.45) is 0. The summed E-state index contributed by atoms with van der Waals surface area (Å²) in [5.74, 6) is 2.59.